The van der Waals surface area contributed by atoms with Crippen LogP contribution in [0.25, 0.3) is 0 Å². The zero-order chi connectivity index (χ0) is 15.4. The highest BCUT2D eigenvalue weighted by atomic mass is 16.6. The van der Waals surface area contributed by atoms with E-state index < -0.39 is 4.92 Å². The van der Waals surface area contributed by atoms with Crippen molar-refractivity contribution in [1.82, 2.24) is 4.90 Å². The van der Waals surface area contributed by atoms with E-state index in [1.807, 2.05) is 6.92 Å². The largest absolute Gasteiger partial charge is 0.377 e. The fourth-order valence-corrected chi connectivity index (χ4v) is 2.37. The van der Waals surface area contributed by atoms with Crippen molar-refractivity contribution >= 4 is 17.3 Å². The van der Waals surface area contributed by atoms with E-state index in [0.717, 1.165) is 6.42 Å². The monoisotopic (exact) mass is 294 g/mol. The molecule has 1 aromatic rings. The van der Waals surface area contributed by atoms with Crippen molar-refractivity contribution in [2.24, 2.45) is 5.84 Å². The minimum atomic E-state index is -0.549. The third-order valence-electron chi connectivity index (χ3n) is 3.56. The number of hydrazine groups is 1. The number of morpholine rings is 1. The van der Waals surface area contributed by atoms with Crippen LogP contribution in [0.4, 0.5) is 11.4 Å². The highest BCUT2D eigenvalue weighted by molar-refractivity contribution is 5.96. The van der Waals surface area contributed by atoms with E-state index >= 15 is 0 Å². The van der Waals surface area contributed by atoms with Crippen LogP contribution in [-0.4, -0.2) is 41.5 Å². The Morgan fingerprint density at radius 1 is 1.62 bits per heavy atom. The number of hydrogen-bond donors (Lipinski definition) is 2. The highest BCUT2D eigenvalue weighted by Gasteiger charge is 2.27. The van der Waals surface area contributed by atoms with Crippen LogP contribution in [0.15, 0.2) is 18.2 Å². The fourth-order valence-electron chi connectivity index (χ4n) is 2.37. The van der Waals surface area contributed by atoms with Gasteiger partial charge in [-0.3, -0.25) is 20.8 Å². The molecule has 0 saturated carbocycles. The van der Waals surface area contributed by atoms with Crippen LogP contribution in [0, 0.1) is 10.1 Å². The first-order valence-electron chi connectivity index (χ1n) is 6.72. The Bertz CT molecular complexity index is 549. The lowest BCUT2D eigenvalue weighted by molar-refractivity contribution is -0.384. The second-order valence-corrected chi connectivity index (χ2v) is 4.77. The summed E-state index contributed by atoms with van der Waals surface area (Å²) < 4.78 is 5.37. The van der Waals surface area contributed by atoms with Gasteiger partial charge >= 0.3 is 0 Å². The van der Waals surface area contributed by atoms with Crippen LogP contribution in [0.5, 0.6) is 0 Å². The zero-order valence-electron chi connectivity index (χ0n) is 11.7. The molecule has 114 valence electrons. The molecule has 1 aliphatic rings. The maximum Gasteiger partial charge on any atom is 0.293 e. The van der Waals surface area contributed by atoms with Gasteiger partial charge in [-0.1, -0.05) is 6.92 Å². The summed E-state index contributed by atoms with van der Waals surface area (Å²) in [7, 11) is 0. The molecule has 1 fully saturated rings. The first-order chi connectivity index (χ1) is 10.1. The maximum absolute atomic E-state index is 12.6. The first kappa shape index (κ1) is 15.2. The lowest BCUT2D eigenvalue weighted by atomic mass is 10.1. The molecular formula is C13H18N4O4. The summed E-state index contributed by atoms with van der Waals surface area (Å²) in [6.07, 6.45) is 0.792. The molecule has 2 rings (SSSR count). The number of nitrogens with zero attached hydrogens (tertiary/aromatic N) is 2. The number of rotatable bonds is 4. The van der Waals surface area contributed by atoms with Crippen molar-refractivity contribution in [1.29, 1.82) is 0 Å². The molecule has 1 unspecified atom stereocenters. The Hall–Kier alpha value is -2.19. The highest BCUT2D eigenvalue weighted by Crippen LogP contribution is 2.26. The number of nitrogen functional groups attached to an aromatic ring is 1. The van der Waals surface area contributed by atoms with Gasteiger partial charge < -0.3 is 15.1 Å². The van der Waals surface area contributed by atoms with Gasteiger partial charge in [0.15, 0.2) is 0 Å². The molecule has 1 aliphatic heterocycles. The number of benzene rings is 1. The van der Waals surface area contributed by atoms with Gasteiger partial charge in [-0.25, -0.2) is 0 Å². The number of carbonyl (C=O) groups is 1. The molecular weight excluding hydrogens is 276 g/mol. The van der Waals surface area contributed by atoms with Gasteiger partial charge in [0.1, 0.15) is 5.69 Å². The number of hydrogen-bond acceptors (Lipinski definition) is 6. The van der Waals surface area contributed by atoms with Crippen molar-refractivity contribution in [3.8, 4) is 0 Å². The summed E-state index contributed by atoms with van der Waals surface area (Å²) in [6.45, 7) is 3.51. The normalized spacial score (nSPS) is 18.4. The lowest BCUT2D eigenvalue weighted by Crippen LogP contribution is -2.48. The van der Waals surface area contributed by atoms with Gasteiger partial charge in [0.25, 0.3) is 11.6 Å². The summed E-state index contributed by atoms with van der Waals surface area (Å²) >= 11 is 0. The number of nitrogens with one attached hydrogen (secondary N) is 1. The Morgan fingerprint density at radius 3 is 3.00 bits per heavy atom. The molecule has 0 aromatic heterocycles. The number of nitro benzene ring substituents is 1. The molecule has 0 bridgehead atoms. The van der Waals surface area contributed by atoms with Crippen molar-refractivity contribution in [2.75, 3.05) is 25.2 Å². The SMILES string of the molecule is CCC1COCCN1C(=O)c1ccc([N+](=O)[O-])c(NN)c1. The standard InChI is InChI=1S/C13H18N4O4/c1-2-10-8-21-6-5-16(10)13(18)9-3-4-12(17(19)20)11(7-9)15-14/h3-4,7,10,15H,2,5-6,8,14H2,1H3. The molecule has 1 aromatic carbocycles. The molecule has 0 radical (unpaired) electrons. The predicted molar refractivity (Wildman–Crippen MR) is 76.8 cm³/mol. The van der Waals surface area contributed by atoms with Crippen molar-refractivity contribution in [2.45, 2.75) is 19.4 Å². The number of carbonyl (C=O) groups excluding carboxylic acids is 1. The molecule has 3 N–H and O–H groups in total. The number of nitro groups is 1. The van der Waals surface area contributed by atoms with Gasteiger partial charge in [-0.2, -0.15) is 0 Å². The van der Waals surface area contributed by atoms with E-state index in [1.54, 1.807) is 4.90 Å². The van der Waals surface area contributed by atoms with E-state index in [-0.39, 0.29) is 23.3 Å². The zero-order valence-corrected chi connectivity index (χ0v) is 11.7. The van der Waals surface area contributed by atoms with Gasteiger partial charge in [-0.15, -0.1) is 0 Å². The molecule has 8 heteroatoms. The number of anilines is 1. The molecule has 1 atom stereocenters. The van der Waals surface area contributed by atoms with E-state index in [2.05, 4.69) is 5.43 Å². The molecule has 1 amide bonds. The van der Waals surface area contributed by atoms with E-state index in [0.29, 0.717) is 25.3 Å². The quantitative estimate of drug-likeness (QED) is 0.489. The summed E-state index contributed by atoms with van der Waals surface area (Å²) in [5, 5.41) is 10.9. The maximum atomic E-state index is 12.6. The van der Waals surface area contributed by atoms with Crippen molar-refractivity contribution in [3.05, 3.63) is 33.9 Å². The Kier molecular flexibility index (Phi) is 4.71. The molecule has 0 aliphatic carbocycles. The van der Waals surface area contributed by atoms with Gasteiger partial charge in [-0.05, 0) is 18.6 Å². The van der Waals surface area contributed by atoms with Crippen LogP contribution < -0.4 is 11.3 Å². The van der Waals surface area contributed by atoms with Gasteiger partial charge in [0, 0.05) is 18.2 Å². The lowest BCUT2D eigenvalue weighted by Gasteiger charge is -2.35. The van der Waals surface area contributed by atoms with Crippen LogP contribution in [0.3, 0.4) is 0 Å². The second kappa shape index (κ2) is 6.51. The van der Waals surface area contributed by atoms with Crippen LogP contribution >= 0.6 is 0 Å². The summed E-state index contributed by atoms with van der Waals surface area (Å²) in [5.74, 6) is 5.12. The van der Waals surface area contributed by atoms with Crippen LogP contribution in [0.1, 0.15) is 23.7 Å². The van der Waals surface area contributed by atoms with Gasteiger partial charge in [0.2, 0.25) is 0 Å². The topological polar surface area (TPSA) is 111 Å². The van der Waals surface area contributed by atoms with E-state index in [4.69, 9.17) is 10.6 Å². The van der Waals surface area contributed by atoms with Crippen molar-refractivity contribution in [3.63, 3.8) is 0 Å². The van der Waals surface area contributed by atoms with E-state index in [1.165, 1.54) is 18.2 Å². The minimum Gasteiger partial charge on any atom is -0.377 e. The average Bonchev–Trinajstić information content (AvgIpc) is 2.53. The Morgan fingerprint density at radius 2 is 2.38 bits per heavy atom. The van der Waals surface area contributed by atoms with Crippen LogP contribution in [-0.2, 0) is 4.74 Å². The smallest absolute Gasteiger partial charge is 0.293 e. The first-order valence-corrected chi connectivity index (χ1v) is 6.72. The molecule has 1 saturated heterocycles. The fraction of sp³-hybridized carbons (Fsp3) is 0.462. The van der Waals surface area contributed by atoms with Crippen LogP contribution in [0.2, 0.25) is 0 Å². The third kappa shape index (κ3) is 3.11. The average molecular weight is 294 g/mol. The Labute approximate surface area is 122 Å². The molecule has 21 heavy (non-hydrogen) atoms. The molecule has 0 spiro atoms. The summed E-state index contributed by atoms with van der Waals surface area (Å²) in [4.78, 5) is 24.6. The summed E-state index contributed by atoms with van der Waals surface area (Å²) in [6, 6.07) is 4.16. The van der Waals surface area contributed by atoms with E-state index in [9.17, 15) is 14.9 Å². The molecule has 1 heterocycles. The molecule has 8 nitrogen and oxygen atoms in total. The summed E-state index contributed by atoms with van der Waals surface area (Å²) in [5.41, 5.74) is 2.59. The number of amides is 1. The Balaban J connectivity index is 2.28. The minimum absolute atomic E-state index is 0.0238. The number of ether oxygens (including phenoxy) is 1. The second-order valence-electron chi connectivity index (χ2n) is 4.77. The van der Waals surface area contributed by atoms with Gasteiger partial charge in [0.05, 0.1) is 24.2 Å². The van der Waals surface area contributed by atoms with Crippen molar-refractivity contribution < 1.29 is 14.5 Å². The number of nitrogens with two attached hydrogens (primary N) is 1. The predicted octanol–water partition coefficient (Wildman–Crippen LogP) is 1.13. The third-order valence-corrected chi connectivity index (χ3v) is 3.56.